The Morgan fingerprint density at radius 1 is 0.286 bits per heavy atom. The molecular weight excluding hydrogens is 681 g/mol. The molecule has 0 aliphatic carbocycles. The average Bonchev–Trinajstić information content (AvgIpc) is 3.80. The lowest BCUT2D eigenvalue weighted by molar-refractivity contribution is 1.17. The first-order valence-corrected chi connectivity index (χ1v) is 19.0. The lowest BCUT2D eigenvalue weighted by Gasteiger charge is -2.12. The van der Waals surface area contributed by atoms with E-state index in [0.717, 1.165) is 67.4 Å². The highest BCUT2D eigenvalue weighted by Gasteiger charge is 2.21. The van der Waals surface area contributed by atoms with E-state index in [2.05, 4.69) is 203 Å². The second-order valence-electron chi connectivity index (χ2n) is 14.2. The van der Waals surface area contributed by atoms with E-state index in [9.17, 15) is 0 Å². The predicted molar refractivity (Wildman–Crippen MR) is 232 cm³/mol. The molecule has 0 aliphatic rings. The van der Waals surface area contributed by atoms with Crippen LogP contribution >= 0.6 is 0 Å². The molecular formula is C52H34N4. The van der Waals surface area contributed by atoms with E-state index in [4.69, 9.17) is 9.97 Å². The maximum Gasteiger partial charge on any atom is 0.0710 e. The molecule has 0 radical (unpaired) electrons. The number of hydrogen-bond acceptors (Lipinski definition) is 2. The molecule has 262 valence electrons. The van der Waals surface area contributed by atoms with Gasteiger partial charge in [0.05, 0.1) is 44.8 Å². The van der Waals surface area contributed by atoms with E-state index in [0.29, 0.717) is 0 Å². The van der Waals surface area contributed by atoms with Crippen molar-refractivity contribution < 1.29 is 0 Å². The summed E-state index contributed by atoms with van der Waals surface area (Å²) in [7, 11) is 0. The van der Waals surface area contributed by atoms with Crippen molar-refractivity contribution in [3.8, 4) is 56.4 Å². The minimum atomic E-state index is 0.944. The maximum atomic E-state index is 5.12. The predicted octanol–water partition coefficient (Wildman–Crippen LogP) is 13.3. The Hall–Kier alpha value is -7.56. The third-order valence-electron chi connectivity index (χ3n) is 10.9. The van der Waals surface area contributed by atoms with Gasteiger partial charge >= 0.3 is 0 Å². The van der Waals surface area contributed by atoms with Gasteiger partial charge in [-0.05, 0) is 66.7 Å². The van der Waals surface area contributed by atoms with Gasteiger partial charge in [-0.2, -0.15) is 0 Å². The third-order valence-corrected chi connectivity index (χ3v) is 10.9. The smallest absolute Gasteiger partial charge is 0.0710 e. The number of benzene rings is 7. The number of rotatable bonds is 6. The molecule has 0 spiro atoms. The molecule has 0 fully saturated rings. The number of nitrogens with zero attached hydrogens (tertiary/aromatic N) is 4. The zero-order valence-electron chi connectivity index (χ0n) is 30.4. The zero-order valence-corrected chi connectivity index (χ0v) is 30.4. The summed E-state index contributed by atoms with van der Waals surface area (Å²) in [6.07, 6.45) is 0. The van der Waals surface area contributed by atoms with Gasteiger partial charge in [-0.15, -0.1) is 0 Å². The molecule has 56 heavy (non-hydrogen) atoms. The Balaban J connectivity index is 1.12. The van der Waals surface area contributed by atoms with Gasteiger partial charge in [0.2, 0.25) is 0 Å². The summed E-state index contributed by atoms with van der Waals surface area (Å²) in [4.78, 5) is 10.2. The molecule has 4 nitrogen and oxygen atoms in total. The molecule has 11 aromatic rings. The number of aromatic nitrogens is 4. The van der Waals surface area contributed by atoms with Crippen molar-refractivity contribution in [3.05, 3.63) is 206 Å². The molecule has 4 aromatic heterocycles. The Labute approximate surface area is 324 Å². The van der Waals surface area contributed by atoms with Crippen LogP contribution in [0.15, 0.2) is 206 Å². The van der Waals surface area contributed by atoms with Crippen molar-refractivity contribution in [2.75, 3.05) is 0 Å². The molecule has 0 N–H and O–H groups in total. The Bertz CT molecular complexity index is 3250. The molecule has 0 bridgehead atoms. The lowest BCUT2D eigenvalue weighted by atomic mass is 10.1. The van der Waals surface area contributed by atoms with Crippen molar-refractivity contribution >= 4 is 43.6 Å². The highest BCUT2D eigenvalue weighted by molar-refractivity contribution is 6.26. The van der Waals surface area contributed by atoms with Crippen molar-refractivity contribution in [2.45, 2.75) is 0 Å². The van der Waals surface area contributed by atoms with Crippen LogP contribution in [0.4, 0.5) is 0 Å². The van der Waals surface area contributed by atoms with E-state index in [1.165, 1.54) is 32.6 Å². The van der Waals surface area contributed by atoms with E-state index in [1.54, 1.807) is 0 Å². The molecule has 0 aliphatic heterocycles. The van der Waals surface area contributed by atoms with Gasteiger partial charge in [0.1, 0.15) is 0 Å². The van der Waals surface area contributed by atoms with E-state index < -0.39 is 0 Å². The number of para-hydroxylation sites is 2. The van der Waals surface area contributed by atoms with Crippen LogP contribution in [0.3, 0.4) is 0 Å². The van der Waals surface area contributed by atoms with Crippen LogP contribution in [-0.2, 0) is 0 Å². The van der Waals surface area contributed by atoms with Crippen LogP contribution in [0.5, 0.6) is 0 Å². The molecule has 11 rings (SSSR count). The standard InChI is InChI=1S/C52H34N4/c1-3-15-35(16-4-1)44-25-13-27-46(53-44)37-19-11-21-39(33-37)55-49-30-10-8-24-43(49)51-50(55)32-31-42-41-23-7-9-29-48(41)56(52(42)51)40-22-12-20-38(34-40)47-28-14-26-45(54-47)36-17-5-2-6-18-36/h1-34H. The fourth-order valence-corrected chi connectivity index (χ4v) is 8.39. The SMILES string of the molecule is c1ccc(-c2cccc(-c3cccc(-n4c5ccccc5c5c4ccc4c6ccccc6n(-c6cccc(-c7cccc(-c8ccccc8)n7)c6)c45)c3)n2)cc1. The monoisotopic (exact) mass is 714 g/mol. The topological polar surface area (TPSA) is 35.6 Å². The second kappa shape index (κ2) is 13.1. The number of fused-ring (bicyclic) bond motifs is 7. The van der Waals surface area contributed by atoms with Crippen LogP contribution in [-0.4, -0.2) is 19.1 Å². The fourth-order valence-electron chi connectivity index (χ4n) is 8.39. The molecule has 0 unspecified atom stereocenters. The van der Waals surface area contributed by atoms with Gasteiger partial charge in [-0.25, -0.2) is 9.97 Å². The molecule has 0 amide bonds. The van der Waals surface area contributed by atoms with Gasteiger partial charge in [-0.1, -0.05) is 140 Å². The molecule has 4 heteroatoms. The summed E-state index contributed by atoms with van der Waals surface area (Å²) >= 11 is 0. The number of pyridine rings is 2. The average molecular weight is 715 g/mol. The highest BCUT2D eigenvalue weighted by atomic mass is 15.0. The van der Waals surface area contributed by atoms with Crippen molar-refractivity contribution in [2.24, 2.45) is 0 Å². The Morgan fingerprint density at radius 3 is 1.32 bits per heavy atom. The van der Waals surface area contributed by atoms with E-state index in [1.807, 2.05) is 12.1 Å². The Kier molecular flexibility index (Phi) is 7.46. The molecule has 7 aromatic carbocycles. The largest absolute Gasteiger partial charge is 0.309 e. The zero-order chi connectivity index (χ0) is 37.0. The first-order chi connectivity index (χ1) is 27.8. The molecule has 0 saturated heterocycles. The summed E-state index contributed by atoms with van der Waals surface area (Å²) in [6.45, 7) is 0. The second-order valence-corrected chi connectivity index (χ2v) is 14.2. The fraction of sp³-hybridized carbons (Fsp3) is 0. The van der Waals surface area contributed by atoms with E-state index in [-0.39, 0.29) is 0 Å². The summed E-state index contributed by atoms with van der Waals surface area (Å²) in [6, 6.07) is 73.0. The van der Waals surface area contributed by atoms with Crippen molar-refractivity contribution in [3.63, 3.8) is 0 Å². The summed E-state index contributed by atoms with van der Waals surface area (Å²) in [5.74, 6) is 0. The molecule has 0 atom stereocenters. The van der Waals surface area contributed by atoms with Crippen LogP contribution in [0.1, 0.15) is 0 Å². The van der Waals surface area contributed by atoms with Gasteiger partial charge in [0, 0.05) is 55.2 Å². The first kappa shape index (κ1) is 31.9. The summed E-state index contributed by atoms with van der Waals surface area (Å²) < 4.78 is 4.86. The van der Waals surface area contributed by atoms with Crippen molar-refractivity contribution in [1.82, 2.24) is 19.1 Å². The Morgan fingerprint density at radius 2 is 0.732 bits per heavy atom. The maximum absolute atomic E-state index is 5.12. The third kappa shape index (κ3) is 5.23. The van der Waals surface area contributed by atoms with Crippen molar-refractivity contribution in [1.29, 1.82) is 0 Å². The minimum Gasteiger partial charge on any atom is -0.309 e. The summed E-state index contributed by atoms with van der Waals surface area (Å²) in [5, 5.41) is 4.88. The van der Waals surface area contributed by atoms with Gasteiger partial charge in [-0.3, -0.25) is 0 Å². The normalized spacial score (nSPS) is 11.6. The first-order valence-electron chi connectivity index (χ1n) is 19.0. The molecule has 4 heterocycles. The quantitative estimate of drug-likeness (QED) is 0.172. The van der Waals surface area contributed by atoms with Gasteiger partial charge in [0.15, 0.2) is 0 Å². The van der Waals surface area contributed by atoms with E-state index >= 15 is 0 Å². The number of hydrogen-bond donors (Lipinski definition) is 0. The lowest BCUT2D eigenvalue weighted by Crippen LogP contribution is -1.97. The molecule has 0 saturated carbocycles. The van der Waals surface area contributed by atoms with Gasteiger partial charge in [0.25, 0.3) is 0 Å². The van der Waals surface area contributed by atoms with Gasteiger partial charge < -0.3 is 9.13 Å². The highest BCUT2D eigenvalue weighted by Crippen LogP contribution is 2.42. The van der Waals surface area contributed by atoms with Crippen LogP contribution < -0.4 is 0 Å². The van der Waals surface area contributed by atoms with Crippen LogP contribution in [0, 0.1) is 0 Å². The van der Waals surface area contributed by atoms with Crippen LogP contribution in [0.2, 0.25) is 0 Å². The minimum absolute atomic E-state index is 0.944. The van der Waals surface area contributed by atoms with Crippen LogP contribution in [0.25, 0.3) is 100 Å². The summed E-state index contributed by atoms with van der Waals surface area (Å²) in [5.41, 5.74) is 15.0.